The summed E-state index contributed by atoms with van der Waals surface area (Å²) in [7, 11) is 1.32. The van der Waals surface area contributed by atoms with Crippen LogP contribution in [0.1, 0.15) is 19.3 Å². The molecule has 1 amide bonds. The highest BCUT2D eigenvalue weighted by molar-refractivity contribution is 7.15. The number of carbonyl (C=O) groups is 2. The van der Waals surface area contributed by atoms with Gasteiger partial charge in [-0.2, -0.15) is 0 Å². The number of hydrogen-bond acceptors (Lipinski definition) is 4. The number of carboxylic acids is 1. The van der Waals surface area contributed by atoms with E-state index in [4.69, 9.17) is 9.84 Å². The van der Waals surface area contributed by atoms with Crippen molar-refractivity contribution in [3.8, 4) is 5.75 Å². The molecular formula is C13H10FNO4S. The molecule has 2 rings (SSSR count). The Labute approximate surface area is 117 Å². The van der Waals surface area contributed by atoms with E-state index in [2.05, 4.69) is 5.32 Å². The van der Waals surface area contributed by atoms with Crippen LogP contribution >= 0.6 is 11.3 Å². The molecule has 0 saturated carbocycles. The van der Waals surface area contributed by atoms with E-state index in [1.54, 1.807) is 0 Å². The molecule has 0 fully saturated rings. The molecule has 104 valence electrons. The third-order valence-electron chi connectivity index (χ3n) is 2.45. The molecule has 7 heteroatoms. The molecule has 2 N–H and O–H groups in total. The minimum Gasteiger partial charge on any atom is -0.494 e. The Hall–Kier alpha value is -2.41. The van der Waals surface area contributed by atoms with Gasteiger partial charge in [-0.05, 0) is 24.3 Å². The second-order valence-electron chi connectivity index (χ2n) is 3.77. The van der Waals surface area contributed by atoms with Crippen LogP contribution in [0.5, 0.6) is 5.75 Å². The number of halogens is 1. The molecule has 1 aromatic carbocycles. The van der Waals surface area contributed by atoms with Gasteiger partial charge in [0, 0.05) is 11.8 Å². The molecule has 0 unspecified atom stereocenters. The average Bonchev–Trinajstić information content (AvgIpc) is 2.91. The highest BCUT2D eigenvalue weighted by Gasteiger charge is 2.13. The Bertz CT molecular complexity index is 668. The van der Waals surface area contributed by atoms with E-state index in [0.717, 1.165) is 11.3 Å². The molecule has 1 heterocycles. The van der Waals surface area contributed by atoms with Gasteiger partial charge in [0.25, 0.3) is 5.91 Å². The fourth-order valence-electron chi connectivity index (χ4n) is 1.51. The highest BCUT2D eigenvalue weighted by atomic mass is 32.1. The lowest BCUT2D eigenvalue weighted by molar-refractivity contribution is 0.0702. The molecule has 20 heavy (non-hydrogen) atoms. The average molecular weight is 295 g/mol. The van der Waals surface area contributed by atoms with Crippen molar-refractivity contribution in [3.05, 3.63) is 45.9 Å². The first-order valence-electron chi connectivity index (χ1n) is 5.49. The van der Waals surface area contributed by atoms with Crippen molar-refractivity contribution in [2.24, 2.45) is 0 Å². The lowest BCUT2D eigenvalue weighted by Gasteiger charge is -2.06. The van der Waals surface area contributed by atoms with Gasteiger partial charge in [0.05, 0.1) is 12.0 Å². The lowest BCUT2D eigenvalue weighted by Crippen LogP contribution is -2.10. The van der Waals surface area contributed by atoms with Gasteiger partial charge < -0.3 is 15.2 Å². The third kappa shape index (κ3) is 2.94. The Morgan fingerprint density at radius 2 is 1.95 bits per heavy atom. The van der Waals surface area contributed by atoms with Crippen molar-refractivity contribution in [2.45, 2.75) is 0 Å². The number of aromatic carboxylic acids is 1. The quantitative estimate of drug-likeness (QED) is 0.909. The normalized spacial score (nSPS) is 10.1. The minimum absolute atomic E-state index is 0.0141. The van der Waals surface area contributed by atoms with E-state index in [1.807, 2.05) is 0 Å². The molecule has 0 radical (unpaired) electrons. The first-order chi connectivity index (χ1) is 9.51. The third-order valence-corrected chi connectivity index (χ3v) is 3.52. The lowest BCUT2D eigenvalue weighted by atomic mass is 10.3. The number of ether oxygens (including phenoxy) is 1. The number of amides is 1. The second kappa shape index (κ2) is 5.70. The Balaban J connectivity index is 2.16. The van der Waals surface area contributed by atoms with Crippen LogP contribution in [-0.2, 0) is 0 Å². The van der Waals surface area contributed by atoms with E-state index in [0.29, 0.717) is 5.69 Å². The first-order valence-corrected chi connectivity index (χ1v) is 6.31. The largest absolute Gasteiger partial charge is 0.494 e. The second-order valence-corrected chi connectivity index (χ2v) is 4.86. The molecule has 0 aliphatic heterocycles. The van der Waals surface area contributed by atoms with Crippen LogP contribution in [0, 0.1) is 5.82 Å². The zero-order valence-electron chi connectivity index (χ0n) is 10.3. The maximum Gasteiger partial charge on any atom is 0.345 e. The first kappa shape index (κ1) is 14.0. The van der Waals surface area contributed by atoms with Crippen LogP contribution in [0.3, 0.4) is 0 Å². The Kier molecular flexibility index (Phi) is 3.99. The van der Waals surface area contributed by atoms with Crippen molar-refractivity contribution in [1.29, 1.82) is 0 Å². The molecular weight excluding hydrogens is 285 g/mol. The standard InChI is InChI=1S/C13H10FNO4S/c1-19-9-6-7(2-3-8(9)14)15-12(16)10-4-5-11(20-10)13(17)18/h2-6H,1H3,(H,15,16)(H,17,18). The molecule has 0 atom stereocenters. The summed E-state index contributed by atoms with van der Waals surface area (Å²) in [6.45, 7) is 0. The van der Waals surface area contributed by atoms with Crippen LogP contribution < -0.4 is 10.1 Å². The molecule has 0 saturated heterocycles. The summed E-state index contributed by atoms with van der Waals surface area (Å²) in [6, 6.07) is 6.68. The fourth-order valence-corrected chi connectivity index (χ4v) is 2.25. The predicted molar refractivity (Wildman–Crippen MR) is 72.2 cm³/mol. The molecule has 0 aliphatic rings. The van der Waals surface area contributed by atoms with Gasteiger partial charge in [-0.25, -0.2) is 9.18 Å². The molecule has 2 aromatic rings. The summed E-state index contributed by atoms with van der Waals surface area (Å²) >= 11 is 0.865. The van der Waals surface area contributed by atoms with Gasteiger partial charge in [-0.1, -0.05) is 0 Å². The fraction of sp³-hybridized carbons (Fsp3) is 0.0769. The number of anilines is 1. The summed E-state index contributed by atoms with van der Waals surface area (Å²) in [5.41, 5.74) is 0.360. The molecule has 0 aliphatic carbocycles. The van der Waals surface area contributed by atoms with Crippen molar-refractivity contribution >= 4 is 28.9 Å². The summed E-state index contributed by atoms with van der Waals surface area (Å²) in [5, 5.41) is 11.3. The van der Waals surface area contributed by atoms with Gasteiger partial charge in [-0.15, -0.1) is 11.3 Å². The van der Waals surface area contributed by atoms with Crippen LogP contribution in [0.2, 0.25) is 0 Å². The van der Waals surface area contributed by atoms with E-state index < -0.39 is 17.7 Å². The number of hydrogen-bond donors (Lipinski definition) is 2. The van der Waals surface area contributed by atoms with Crippen LogP contribution in [0.25, 0.3) is 0 Å². The zero-order chi connectivity index (χ0) is 14.7. The highest BCUT2D eigenvalue weighted by Crippen LogP contribution is 2.23. The van der Waals surface area contributed by atoms with Gasteiger partial charge >= 0.3 is 5.97 Å². The van der Waals surface area contributed by atoms with Crippen molar-refractivity contribution in [1.82, 2.24) is 0 Å². The van der Waals surface area contributed by atoms with Crippen LogP contribution in [0.4, 0.5) is 10.1 Å². The van der Waals surface area contributed by atoms with E-state index >= 15 is 0 Å². The van der Waals surface area contributed by atoms with Gasteiger partial charge in [0.2, 0.25) is 0 Å². The molecule has 1 aromatic heterocycles. The molecule has 0 bridgehead atoms. The van der Waals surface area contributed by atoms with E-state index in [1.165, 1.54) is 37.4 Å². The maximum atomic E-state index is 13.2. The Morgan fingerprint density at radius 1 is 1.25 bits per heavy atom. The maximum absolute atomic E-state index is 13.2. The van der Waals surface area contributed by atoms with Gasteiger partial charge in [0.15, 0.2) is 11.6 Å². The SMILES string of the molecule is COc1cc(NC(=O)c2ccc(C(=O)O)s2)ccc1F. The van der Waals surface area contributed by atoms with E-state index in [-0.39, 0.29) is 15.5 Å². The van der Waals surface area contributed by atoms with Gasteiger partial charge in [0.1, 0.15) is 4.88 Å². The number of thiophene rings is 1. The smallest absolute Gasteiger partial charge is 0.345 e. The molecule has 5 nitrogen and oxygen atoms in total. The topological polar surface area (TPSA) is 75.6 Å². The summed E-state index contributed by atoms with van der Waals surface area (Å²) in [4.78, 5) is 23.0. The Morgan fingerprint density at radius 3 is 2.55 bits per heavy atom. The number of carboxylic acid groups (broad SMARTS) is 1. The zero-order valence-corrected chi connectivity index (χ0v) is 11.2. The number of nitrogens with one attached hydrogen (secondary N) is 1. The number of benzene rings is 1. The van der Waals surface area contributed by atoms with Crippen LogP contribution in [0.15, 0.2) is 30.3 Å². The summed E-state index contributed by atoms with van der Waals surface area (Å²) < 4.78 is 18.0. The monoisotopic (exact) mass is 295 g/mol. The number of rotatable bonds is 4. The summed E-state index contributed by atoms with van der Waals surface area (Å²) in [5.74, 6) is -2.07. The number of methoxy groups -OCH3 is 1. The van der Waals surface area contributed by atoms with Crippen molar-refractivity contribution in [2.75, 3.05) is 12.4 Å². The van der Waals surface area contributed by atoms with Crippen molar-refractivity contribution in [3.63, 3.8) is 0 Å². The minimum atomic E-state index is -1.09. The van der Waals surface area contributed by atoms with E-state index in [9.17, 15) is 14.0 Å². The molecule has 0 spiro atoms. The summed E-state index contributed by atoms with van der Waals surface area (Å²) in [6.07, 6.45) is 0. The number of carbonyl (C=O) groups excluding carboxylic acids is 1. The van der Waals surface area contributed by atoms with Crippen LogP contribution in [-0.4, -0.2) is 24.1 Å². The predicted octanol–water partition coefficient (Wildman–Crippen LogP) is 2.85. The van der Waals surface area contributed by atoms with Crippen molar-refractivity contribution < 1.29 is 23.8 Å². The van der Waals surface area contributed by atoms with Gasteiger partial charge in [-0.3, -0.25) is 4.79 Å².